The number of carboxylic acids is 1. The molecule has 1 fully saturated rings. The Morgan fingerprint density at radius 1 is 0.964 bits per heavy atom. The minimum atomic E-state index is -1.41. The van der Waals surface area contributed by atoms with Gasteiger partial charge in [-0.05, 0) is 24.1 Å². The first-order valence-electron chi connectivity index (χ1n) is 17.8. The number of fused-ring (bicyclic) bond motifs is 1. The lowest BCUT2D eigenvalue weighted by atomic mass is 10.0. The molecule has 0 unspecified atom stereocenters. The highest BCUT2D eigenvalue weighted by molar-refractivity contribution is 5.93. The van der Waals surface area contributed by atoms with Gasteiger partial charge in [-0.3, -0.25) is 28.7 Å². The molecule has 1 aliphatic rings. The molecule has 1 saturated heterocycles. The minimum Gasteiger partial charge on any atom is -0.480 e. The van der Waals surface area contributed by atoms with Gasteiger partial charge < -0.3 is 51.8 Å². The van der Waals surface area contributed by atoms with Crippen LogP contribution in [0.25, 0.3) is 10.9 Å². The first-order chi connectivity index (χ1) is 26.7. The molecule has 0 spiro atoms. The van der Waals surface area contributed by atoms with Crippen LogP contribution in [0.3, 0.4) is 0 Å². The third-order valence-corrected chi connectivity index (χ3v) is 9.64. The summed E-state index contributed by atoms with van der Waals surface area (Å²) in [6.45, 7) is 0.949. The molecule has 3 heterocycles. The first kappa shape index (κ1) is 40.9. The summed E-state index contributed by atoms with van der Waals surface area (Å²) in [6.07, 6.45) is -0.379. The van der Waals surface area contributed by atoms with Gasteiger partial charge in [0.15, 0.2) is 6.23 Å². The number of hydrogen-bond acceptors (Lipinski definition) is 10. The van der Waals surface area contributed by atoms with Crippen LogP contribution in [0, 0.1) is 0 Å². The highest BCUT2D eigenvalue weighted by Crippen LogP contribution is 2.27. The van der Waals surface area contributed by atoms with Gasteiger partial charge in [0, 0.05) is 62.2 Å². The van der Waals surface area contributed by atoms with Crippen LogP contribution in [0.15, 0.2) is 82.6 Å². The Morgan fingerprint density at radius 2 is 1.66 bits per heavy atom. The van der Waals surface area contributed by atoms with Crippen molar-refractivity contribution in [3.05, 3.63) is 105 Å². The SMILES string of the molecule is C[C@@H]([C@H](NC(=O)[C@H](Cc1ccccc1)NC(=O)N[C@@H](Cc1c[nH]c2ccccc12)C(=O)O)C(=O)NC[C@H]1C[C@@H](O)[C@H](n2ccc(=O)[nH]c2=O)O1)N(C)C(=O)CN. The van der Waals surface area contributed by atoms with Gasteiger partial charge in [-0.2, -0.15) is 0 Å². The monoisotopic (exact) mass is 775 g/mol. The van der Waals surface area contributed by atoms with Crippen molar-refractivity contribution < 1.29 is 38.9 Å². The molecule has 0 saturated carbocycles. The van der Waals surface area contributed by atoms with Gasteiger partial charge in [0.1, 0.15) is 24.2 Å². The molecule has 56 heavy (non-hydrogen) atoms. The van der Waals surface area contributed by atoms with E-state index in [1.54, 1.807) is 36.5 Å². The number of nitrogens with one attached hydrogen (secondary N) is 6. The predicted molar refractivity (Wildman–Crippen MR) is 201 cm³/mol. The normalized spacial score (nSPS) is 18.6. The number of hydrogen-bond donors (Lipinski definition) is 9. The molecule has 10 N–H and O–H groups in total. The third kappa shape index (κ3) is 10.1. The number of aliphatic hydroxyl groups excluding tert-OH is 1. The average Bonchev–Trinajstić information content (AvgIpc) is 3.77. The van der Waals surface area contributed by atoms with Crippen molar-refractivity contribution in [1.29, 1.82) is 0 Å². The Hall–Kier alpha value is -6.31. The van der Waals surface area contributed by atoms with Crippen LogP contribution in [0.1, 0.15) is 30.7 Å². The van der Waals surface area contributed by atoms with Crippen LogP contribution in [-0.4, -0.2) is 116 Å². The largest absolute Gasteiger partial charge is 0.480 e. The fourth-order valence-electron chi connectivity index (χ4n) is 6.46. The number of urea groups is 1. The number of aromatic amines is 2. The Labute approximate surface area is 319 Å². The number of nitrogens with two attached hydrogens (primary N) is 1. The van der Waals surface area contributed by atoms with Gasteiger partial charge in [-0.25, -0.2) is 14.4 Å². The van der Waals surface area contributed by atoms with Gasteiger partial charge in [-0.15, -0.1) is 0 Å². The van der Waals surface area contributed by atoms with Crippen molar-refractivity contribution in [3.8, 4) is 0 Å². The van der Waals surface area contributed by atoms with E-state index in [4.69, 9.17) is 10.5 Å². The highest BCUT2D eigenvalue weighted by atomic mass is 16.5. The fraction of sp³-hybridized carbons (Fsp3) is 0.378. The standard InChI is InChI=1S/C37H45N9O10/c1-20(45(2)30(49)17-38)31(33(51)40-19-23-16-28(47)34(56-23)46-13-12-29(48)43-37(46)55)44-32(50)26(14-21-8-4-3-5-9-21)41-36(54)42-27(35(52)53)15-22-18-39-25-11-7-6-10-24(22)25/h3-13,18,20,23,26-28,31,34,39,47H,14-17,19,38H2,1-2H3,(H,40,51)(H,44,50)(H,52,53)(H2,41,42,54)(H,43,48,55)/t20-,23+,26-,27-,28+,31-,34+/m0/s1. The van der Waals surface area contributed by atoms with E-state index in [1.807, 2.05) is 24.3 Å². The average molecular weight is 776 g/mol. The molecule has 0 bridgehead atoms. The lowest BCUT2D eigenvalue weighted by Crippen LogP contribution is -2.62. The van der Waals surface area contributed by atoms with E-state index in [1.165, 1.54) is 25.1 Å². The Morgan fingerprint density at radius 3 is 2.36 bits per heavy atom. The molecule has 19 nitrogen and oxygen atoms in total. The number of aromatic nitrogens is 3. The number of likely N-dealkylation sites (N-methyl/N-ethyl adjacent to an activating group) is 1. The summed E-state index contributed by atoms with van der Waals surface area (Å²) in [6, 6.07) is 11.0. The fourth-order valence-corrected chi connectivity index (χ4v) is 6.46. The van der Waals surface area contributed by atoms with E-state index in [0.29, 0.717) is 11.1 Å². The van der Waals surface area contributed by atoms with Crippen molar-refractivity contribution in [1.82, 2.24) is 40.7 Å². The van der Waals surface area contributed by atoms with E-state index < -0.39 is 83.6 Å². The number of carbonyl (C=O) groups is 5. The number of benzene rings is 2. The number of amides is 5. The molecule has 1 aliphatic heterocycles. The number of rotatable bonds is 16. The zero-order valence-corrected chi connectivity index (χ0v) is 30.6. The van der Waals surface area contributed by atoms with Crippen molar-refractivity contribution in [2.45, 2.75) is 68.8 Å². The van der Waals surface area contributed by atoms with Gasteiger partial charge >= 0.3 is 17.7 Å². The maximum absolute atomic E-state index is 14.0. The Balaban J connectivity index is 1.31. The van der Waals surface area contributed by atoms with Crippen LogP contribution in [-0.2, 0) is 36.8 Å². The predicted octanol–water partition coefficient (Wildman–Crippen LogP) is -1.32. The summed E-state index contributed by atoms with van der Waals surface area (Å²) in [5.74, 6) is -3.41. The zero-order valence-electron chi connectivity index (χ0n) is 30.6. The summed E-state index contributed by atoms with van der Waals surface area (Å²) in [4.78, 5) is 96.3. The molecule has 19 heteroatoms. The summed E-state index contributed by atoms with van der Waals surface area (Å²) >= 11 is 0. The Kier molecular flexibility index (Phi) is 13.4. The number of carboxylic acid groups (broad SMARTS) is 1. The molecule has 5 rings (SSSR count). The van der Waals surface area contributed by atoms with Gasteiger partial charge in [0.25, 0.3) is 5.56 Å². The molecule has 2 aromatic carbocycles. The van der Waals surface area contributed by atoms with Crippen molar-refractivity contribution in [2.24, 2.45) is 5.73 Å². The number of aliphatic carboxylic acids is 1. The lowest BCUT2D eigenvalue weighted by Gasteiger charge is -2.33. The first-order valence-corrected chi connectivity index (χ1v) is 17.8. The molecular formula is C37H45N9O10. The maximum atomic E-state index is 14.0. The maximum Gasteiger partial charge on any atom is 0.330 e. The number of carbonyl (C=O) groups excluding carboxylic acids is 4. The molecule has 7 atom stereocenters. The van der Waals surface area contributed by atoms with E-state index in [2.05, 4.69) is 31.2 Å². The lowest BCUT2D eigenvalue weighted by molar-refractivity contribution is -0.139. The Bertz CT molecular complexity index is 2150. The van der Waals surface area contributed by atoms with Crippen molar-refractivity contribution in [2.75, 3.05) is 20.1 Å². The summed E-state index contributed by atoms with van der Waals surface area (Å²) in [5, 5.41) is 31.7. The van der Waals surface area contributed by atoms with Gasteiger partial charge in [0.2, 0.25) is 17.7 Å². The van der Waals surface area contributed by atoms with Gasteiger partial charge in [0.05, 0.1) is 18.7 Å². The summed E-state index contributed by atoms with van der Waals surface area (Å²) in [5.41, 5.74) is 6.24. The molecule has 2 aromatic heterocycles. The number of ether oxygens (including phenoxy) is 1. The van der Waals surface area contributed by atoms with Crippen molar-refractivity contribution in [3.63, 3.8) is 0 Å². The second kappa shape index (κ2) is 18.3. The van der Waals surface area contributed by atoms with E-state index in [-0.39, 0.29) is 32.4 Å². The second-order valence-corrected chi connectivity index (χ2v) is 13.5. The molecule has 0 radical (unpaired) electrons. The summed E-state index contributed by atoms with van der Waals surface area (Å²) < 4.78 is 6.83. The number of H-pyrrole nitrogens is 2. The summed E-state index contributed by atoms with van der Waals surface area (Å²) in [7, 11) is 1.40. The molecule has 298 valence electrons. The second-order valence-electron chi connectivity index (χ2n) is 13.5. The molecule has 5 amide bonds. The highest BCUT2D eigenvalue weighted by Gasteiger charge is 2.38. The van der Waals surface area contributed by atoms with Crippen LogP contribution >= 0.6 is 0 Å². The van der Waals surface area contributed by atoms with Crippen LogP contribution < -0.4 is 38.2 Å². The van der Waals surface area contributed by atoms with Crippen LogP contribution in [0.2, 0.25) is 0 Å². The molecular weight excluding hydrogens is 730 g/mol. The zero-order chi connectivity index (χ0) is 40.5. The van der Waals surface area contributed by atoms with Crippen LogP contribution in [0.4, 0.5) is 4.79 Å². The van der Waals surface area contributed by atoms with Crippen LogP contribution in [0.5, 0.6) is 0 Å². The number of aliphatic hydroxyl groups is 1. The topological polar surface area (TPSA) is 283 Å². The number of para-hydroxylation sites is 1. The van der Waals surface area contributed by atoms with Crippen molar-refractivity contribution >= 4 is 40.6 Å². The van der Waals surface area contributed by atoms with E-state index >= 15 is 0 Å². The smallest absolute Gasteiger partial charge is 0.330 e. The van der Waals surface area contributed by atoms with E-state index in [0.717, 1.165) is 21.5 Å². The van der Waals surface area contributed by atoms with E-state index in [9.17, 15) is 43.8 Å². The molecule has 4 aromatic rings. The van der Waals surface area contributed by atoms with Gasteiger partial charge in [-0.1, -0.05) is 48.5 Å². The minimum absolute atomic E-state index is 0.00445. The quantitative estimate of drug-likeness (QED) is 0.0644. The molecule has 0 aliphatic carbocycles. The third-order valence-electron chi connectivity index (χ3n) is 9.64. The number of nitrogens with zero attached hydrogens (tertiary/aromatic N) is 2.